The average Bonchev–Trinajstić information content (AvgIpc) is 2.35. The van der Waals surface area contributed by atoms with Crippen LogP contribution >= 0.6 is 0 Å². The predicted molar refractivity (Wildman–Crippen MR) is 91.1 cm³/mol. The quantitative estimate of drug-likeness (QED) is 0.804. The predicted octanol–water partition coefficient (Wildman–Crippen LogP) is 4.09. The highest BCUT2D eigenvalue weighted by Gasteiger charge is 2.38. The SMILES string of the molecule is CC(C)(COc1ccc(N)nc1)CO[Si](C)(C)C(C)(C)C. The highest BCUT2D eigenvalue weighted by Crippen LogP contribution is 2.37. The van der Waals surface area contributed by atoms with Gasteiger partial charge < -0.3 is 14.9 Å². The van der Waals surface area contributed by atoms with Gasteiger partial charge in [0.05, 0.1) is 12.8 Å². The molecule has 1 aromatic heterocycles. The molecule has 0 saturated heterocycles. The topological polar surface area (TPSA) is 57.4 Å². The lowest BCUT2D eigenvalue weighted by atomic mass is 9.97. The summed E-state index contributed by atoms with van der Waals surface area (Å²) < 4.78 is 12.1. The van der Waals surface area contributed by atoms with Crippen molar-refractivity contribution in [3.63, 3.8) is 0 Å². The number of anilines is 1. The highest BCUT2D eigenvalue weighted by molar-refractivity contribution is 6.74. The lowest BCUT2D eigenvalue weighted by Gasteiger charge is -2.38. The third-order valence-corrected chi connectivity index (χ3v) is 8.50. The number of hydrogen-bond donors (Lipinski definition) is 1. The van der Waals surface area contributed by atoms with Gasteiger partial charge in [0.25, 0.3) is 0 Å². The molecule has 0 bridgehead atoms. The van der Waals surface area contributed by atoms with Gasteiger partial charge in [-0.2, -0.15) is 0 Å². The smallest absolute Gasteiger partial charge is 0.192 e. The molecule has 4 nitrogen and oxygen atoms in total. The zero-order valence-corrected chi connectivity index (χ0v) is 15.5. The molecule has 1 rings (SSSR count). The summed E-state index contributed by atoms with van der Waals surface area (Å²) in [6, 6.07) is 3.58. The van der Waals surface area contributed by atoms with Gasteiger partial charge in [0.1, 0.15) is 11.6 Å². The van der Waals surface area contributed by atoms with E-state index in [0.717, 1.165) is 5.75 Å². The number of nitrogen functional groups attached to an aromatic ring is 1. The van der Waals surface area contributed by atoms with Crippen molar-refractivity contribution in [1.29, 1.82) is 0 Å². The van der Waals surface area contributed by atoms with Crippen molar-refractivity contribution in [2.24, 2.45) is 5.41 Å². The van der Waals surface area contributed by atoms with Crippen molar-refractivity contribution in [2.75, 3.05) is 18.9 Å². The number of ether oxygens (including phenoxy) is 1. The van der Waals surface area contributed by atoms with Crippen LogP contribution < -0.4 is 10.5 Å². The van der Waals surface area contributed by atoms with E-state index >= 15 is 0 Å². The molecular formula is C16H30N2O2Si. The van der Waals surface area contributed by atoms with Crippen LogP contribution in [0, 0.1) is 5.41 Å². The molecule has 0 fully saturated rings. The number of rotatable bonds is 6. The fourth-order valence-electron chi connectivity index (χ4n) is 1.39. The van der Waals surface area contributed by atoms with Gasteiger partial charge in [-0.15, -0.1) is 0 Å². The molecule has 120 valence electrons. The van der Waals surface area contributed by atoms with E-state index in [1.54, 1.807) is 12.3 Å². The third-order valence-electron chi connectivity index (χ3n) is 4.02. The van der Waals surface area contributed by atoms with Crippen molar-refractivity contribution >= 4 is 14.1 Å². The molecule has 0 unspecified atom stereocenters. The molecule has 2 N–H and O–H groups in total. The highest BCUT2D eigenvalue weighted by atomic mass is 28.4. The van der Waals surface area contributed by atoms with Crippen molar-refractivity contribution < 1.29 is 9.16 Å². The Morgan fingerprint density at radius 3 is 2.19 bits per heavy atom. The zero-order chi connectivity index (χ0) is 16.3. The van der Waals surface area contributed by atoms with Gasteiger partial charge in [0, 0.05) is 12.0 Å². The first-order valence-corrected chi connectivity index (χ1v) is 10.3. The summed E-state index contributed by atoms with van der Waals surface area (Å²) in [5.41, 5.74) is 5.52. The van der Waals surface area contributed by atoms with Crippen molar-refractivity contribution in [3.05, 3.63) is 18.3 Å². The minimum Gasteiger partial charge on any atom is -0.491 e. The molecule has 0 aliphatic carbocycles. The Hall–Kier alpha value is -1.07. The molecule has 0 aliphatic rings. The summed E-state index contributed by atoms with van der Waals surface area (Å²) >= 11 is 0. The van der Waals surface area contributed by atoms with Crippen LogP contribution in [0.1, 0.15) is 34.6 Å². The van der Waals surface area contributed by atoms with Gasteiger partial charge >= 0.3 is 0 Å². The molecule has 0 amide bonds. The molecule has 0 aromatic carbocycles. The first-order valence-electron chi connectivity index (χ1n) is 7.41. The lowest BCUT2D eigenvalue weighted by molar-refractivity contribution is 0.102. The number of aromatic nitrogens is 1. The van der Waals surface area contributed by atoms with Gasteiger partial charge in [0.2, 0.25) is 0 Å². The Bertz CT molecular complexity index is 450. The van der Waals surface area contributed by atoms with E-state index in [1.165, 1.54) is 0 Å². The minimum absolute atomic E-state index is 0.0447. The van der Waals surface area contributed by atoms with Crippen LogP contribution in [0.3, 0.4) is 0 Å². The van der Waals surface area contributed by atoms with E-state index in [1.807, 2.05) is 6.07 Å². The van der Waals surface area contributed by atoms with Gasteiger partial charge in [0.15, 0.2) is 8.32 Å². The van der Waals surface area contributed by atoms with Crippen molar-refractivity contribution in [2.45, 2.75) is 52.8 Å². The number of pyridine rings is 1. The summed E-state index contributed by atoms with van der Waals surface area (Å²) in [4.78, 5) is 4.03. The van der Waals surface area contributed by atoms with E-state index in [9.17, 15) is 0 Å². The average molecular weight is 311 g/mol. The molecule has 0 aliphatic heterocycles. The Morgan fingerprint density at radius 2 is 1.71 bits per heavy atom. The Kier molecular flexibility index (Phi) is 5.44. The van der Waals surface area contributed by atoms with E-state index in [0.29, 0.717) is 19.0 Å². The number of nitrogens with two attached hydrogens (primary N) is 1. The Labute approximate surface area is 130 Å². The molecule has 1 aromatic rings. The maximum Gasteiger partial charge on any atom is 0.192 e. The fourth-order valence-corrected chi connectivity index (χ4v) is 2.57. The number of hydrogen-bond acceptors (Lipinski definition) is 4. The zero-order valence-electron chi connectivity index (χ0n) is 14.5. The summed E-state index contributed by atoms with van der Waals surface area (Å²) in [6.07, 6.45) is 1.65. The van der Waals surface area contributed by atoms with Crippen LogP contribution in [0.2, 0.25) is 18.1 Å². The standard InChI is InChI=1S/C16H30N2O2Si/c1-15(2,3)21(6,7)20-12-16(4,5)11-19-13-8-9-14(17)18-10-13/h8-10H,11-12H2,1-7H3,(H2,17,18). The van der Waals surface area contributed by atoms with Crippen molar-refractivity contribution in [1.82, 2.24) is 4.98 Å². The molecule has 1 heterocycles. The van der Waals surface area contributed by atoms with Crippen LogP contribution in [0.4, 0.5) is 5.82 Å². The fraction of sp³-hybridized carbons (Fsp3) is 0.688. The van der Waals surface area contributed by atoms with Crippen molar-refractivity contribution in [3.8, 4) is 5.75 Å². The summed E-state index contributed by atoms with van der Waals surface area (Å²) in [7, 11) is -1.71. The van der Waals surface area contributed by atoms with E-state index in [4.69, 9.17) is 14.9 Å². The summed E-state index contributed by atoms with van der Waals surface area (Å²) in [5, 5.41) is 0.227. The first kappa shape index (κ1) is 18.0. The van der Waals surface area contributed by atoms with Gasteiger partial charge in [-0.25, -0.2) is 4.98 Å². The maximum absolute atomic E-state index is 6.29. The minimum atomic E-state index is -1.71. The van der Waals surface area contributed by atoms with Crippen LogP contribution in [0.25, 0.3) is 0 Å². The normalized spacial score (nSPS) is 13.3. The summed E-state index contributed by atoms with van der Waals surface area (Å²) in [6.45, 7) is 16.9. The van der Waals surface area contributed by atoms with Crippen LogP contribution in [0.15, 0.2) is 18.3 Å². The van der Waals surface area contributed by atoms with Gasteiger partial charge in [-0.3, -0.25) is 0 Å². The Balaban J connectivity index is 2.52. The van der Waals surface area contributed by atoms with Gasteiger partial charge in [-0.1, -0.05) is 34.6 Å². The lowest BCUT2D eigenvalue weighted by Crippen LogP contribution is -2.44. The molecule has 5 heteroatoms. The second-order valence-corrected chi connectivity index (χ2v) is 12.7. The van der Waals surface area contributed by atoms with Gasteiger partial charge in [-0.05, 0) is 30.3 Å². The summed E-state index contributed by atoms with van der Waals surface area (Å²) in [5.74, 6) is 1.24. The molecule has 0 atom stereocenters. The van der Waals surface area contributed by atoms with Crippen LogP contribution in [0.5, 0.6) is 5.75 Å². The van der Waals surface area contributed by atoms with E-state index in [-0.39, 0.29) is 10.5 Å². The third kappa shape index (κ3) is 5.67. The molecule has 0 radical (unpaired) electrons. The van der Waals surface area contributed by atoms with E-state index in [2.05, 4.69) is 52.7 Å². The largest absolute Gasteiger partial charge is 0.491 e. The molecular weight excluding hydrogens is 280 g/mol. The van der Waals surface area contributed by atoms with E-state index < -0.39 is 8.32 Å². The second kappa shape index (κ2) is 6.36. The Morgan fingerprint density at radius 1 is 1.10 bits per heavy atom. The maximum atomic E-state index is 6.29. The first-order chi connectivity index (χ1) is 9.43. The molecule has 0 saturated carbocycles. The van der Waals surface area contributed by atoms with Crippen LogP contribution in [-0.4, -0.2) is 26.5 Å². The second-order valence-electron chi connectivity index (χ2n) is 7.92. The molecule has 21 heavy (non-hydrogen) atoms. The molecule has 0 spiro atoms. The monoisotopic (exact) mass is 310 g/mol. The number of nitrogens with zero attached hydrogens (tertiary/aromatic N) is 1. The van der Waals surface area contributed by atoms with Crippen LogP contribution in [-0.2, 0) is 4.43 Å².